The summed E-state index contributed by atoms with van der Waals surface area (Å²) in [5.74, 6) is -0.0826. The molecule has 0 radical (unpaired) electrons. The summed E-state index contributed by atoms with van der Waals surface area (Å²) >= 11 is 6.02. The SMILES string of the molecule is Cl.NCc1ccc(C(=O)NCC(c2ccc(Cl)cc2)N2CCOCC2)cc1. The first-order valence-corrected chi connectivity index (χ1v) is 9.19. The molecule has 3 N–H and O–H groups in total. The number of halogens is 2. The molecule has 5 nitrogen and oxygen atoms in total. The molecule has 2 aromatic rings. The largest absolute Gasteiger partial charge is 0.379 e. The molecule has 1 aliphatic heterocycles. The van der Waals surface area contributed by atoms with Crippen molar-refractivity contribution in [1.82, 2.24) is 10.2 Å². The van der Waals surface area contributed by atoms with E-state index in [1.54, 1.807) is 0 Å². The lowest BCUT2D eigenvalue weighted by atomic mass is 10.0. The van der Waals surface area contributed by atoms with Crippen LogP contribution in [0.1, 0.15) is 27.5 Å². The summed E-state index contributed by atoms with van der Waals surface area (Å²) in [5, 5.41) is 3.77. The van der Waals surface area contributed by atoms with Crippen molar-refractivity contribution in [1.29, 1.82) is 0 Å². The highest BCUT2D eigenvalue weighted by atomic mass is 35.5. The Labute approximate surface area is 171 Å². The van der Waals surface area contributed by atoms with E-state index in [4.69, 9.17) is 22.1 Å². The van der Waals surface area contributed by atoms with E-state index in [9.17, 15) is 4.79 Å². The van der Waals surface area contributed by atoms with E-state index in [-0.39, 0.29) is 24.4 Å². The molecule has 0 aliphatic carbocycles. The van der Waals surface area contributed by atoms with Crippen LogP contribution in [0, 0.1) is 0 Å². The number of benzene rings is 2. The second-order valence-electron chi connectivity index (χ2n) is 6.33. The van der Waals surface area contributed by atoms with Gasteiger partial charge < -0.3 is 15.8 Å². The number of hydrogen-bond donors (Lipinski definition) is 2. The van der Waals surface area contributed by atoms with Gasteiger partial charge >= 0.3 is 0 Å². The molecule has 146 valence electrons. The molecule has 1 unspecified atom stereocenters. The molecule has 2 aromatic carbocycles. The minimum atomic E-state index is -0.0826. The molecule has 1 fully saturated rings. The highest BCUT2D eigenvalue weighted by molar-refractivity contribution is 6.30. The van der Waals surface area contributed by atoms with Gasteiger partial charge in [0.25, 0.3) is 5.91 Å². The average Bonchev–Trinajstić information content (AvgIpc) is 2.70. The number of amides is 1. The number of carbonyl (C=O) groups excluding carboxylic acids is 1. The Morgan fingerprint density at radius 3 is 2.33 bits per heavy atom. The van der Waals surface area contributed by atoms with Crippen LogP contribution in [0.2, 0.25) is 5.02 Å². The lowest BCUT2D eigenvalue weighted by molar-refractivity contribution is 0.0162. The monoisotopic (exact) mass is 409 g/mol. The number of morpholine rings is 1. The number of hydrogen-bond acceptors (Lipinski definition) is 4. The van der Waals surface area contributed by atoms with E-state index in [1.807, 2.05) is 48.5 Å². The highest BCUT2D eigenvalue weighted by Gasteiger charge is 2.23. The number of nitrogens with zero attached hydrogens (tertiary/aromatic N) is 1. The third-order valence-electron chi connectivity index (χ3n) is 4.65. The zero-order valence-electron chi connectivity index (χ0n) is 15.1. The van der Waals surface area contributed by atoms with E-state index in [0.717, 1.165) is 24.2 Å². The molecular weight excluding hydrogens is 385 g/mol. The summed E-state index contributed by atoms with van der Waals surface area (Å²) < 4.78 is 5.46. The summed E-state index contributed by atoms with van der Waals surface area (Å²) in [7, 11) is 0. The molecular formula is C20H25Cl2N3O2. The van der Waals surface area contributed by atoms with Gasteiger partial charge in [0.1, 0.15) is 0 Å². The van der Waals surface area contributed by atoms with Gasteiger partial charge in [-0.1, -0.05) is 35.9 Å². The van der Waals surface area contributed by atoms with Gasteiger partial charge in [0.2, 0.25) is 0 Å². The predicted octanol–water partition coefficient (Wildman–Crippen LogP) is 3.02. The number of rotatable bonds is 6. The Morgan fingerprint density at radius 1 is 1.11 bits per heavy atom. The first-order chi connectivity index (χ1) is 12.7. The summed E-state index contributed by atoms with van der Waals surface area (Å²) in [6, 6.07) is 15.3. The van der Waals surface area contributed by atoms with Crippen molar-refractivity contribution in [3.63, 3.8) is 0 Å². The summed E-state index contributed by atoms with van der Waals surface area (Å²) in [6.07, 6.45) is 0. The quantitative estimate of drug-likeness (QED) is 0.769. The second-order valence-corrected chi connectivity index (χ2v) is 6.76. The molecule has 0 saturated carbocycles. The van der Waals surface area contributed by atoms with Gasteiger partial charge in [-0.2, -0.15) is 0 Å². The van der Waals surface area contributed by atoms with Crippen LogP contribution >= 0.6 is 24.0 Å². The second kappa shape index (κ2) is 10.6. The van der Waals surface area contributed by atoms with Crippen LogP contribution < -0.4 is 11.1 Å². The number of nitrogens with two attached hydrogens (primary N) is 1. The van der Waals surface area contributed by atoms with Crippen LogP contribution in [0.3, 0.4) is 0 Å². The van der Waals surface area contributed by atoms with Gasteiger partial charge in [0.05, 0.1) is 19.3 Å². The molecule has 0 bridgehead atoms. The molecule has 0 aromatic heterocycles. The van der Waals surface area contributed by atoms with Crippen LogP contribution in [-0.2, 0) is 11.3 Å². The fraction of sp³-hybridized carbons (Fsp3) is 0.350. The normalized spacial score (nSPS) is 15.6. The van der Waals surface area contributed by atoms with Crippen molar-refractivity contribution >= 4 is 29.9 Å². The van der Waals surface area contributed by atoms with Crippen molar-refractivity contribution in [3.8, 4) is 0 Å². The molecule has 1 amide bonds. The zero-order valence-corrected chi connectivity index (χ0v) is 16.6. The van der Waals surface area contributed by atoms with Crippen molar-refractivity contribution in [2.75, 3.05) is 32.8 Å². The fourth-order valence-electron chi connectivity index (χ4n) is 3.12. The number of nitrogens with one attached hydrogen (secondary N) is 1. The lowest BCUT2D eigenvalue weighted by Gasteiger charge is -2.35. The van der Waals surface area contributed by atoms with Crippen LogP contribution in [0.4, 0.5) is 0 Å². The fourth-order valence-corrected chi connectivity index (χ4v) is 3.24. The zero-order chi connectivity index (χ0) is 18.4. The van der Waals surface area contributed by atoms with E-state index in [0.29, 0.717) is 36.9 Å². The van der Waals surface area contributed by atoms with Crippen molar-refractivity contribution in [2.24, 2.45) is 5.73 Å². The Bertz CT molecular complexity index is 717. The predicted molar refractivity (Wildman–Crippen MR) is 110 cm³/mol. The Balaban J connectivity index is 0.00000261. The molecule has 3 rings (SSSR count). The van der Waals surface area contributed by atoms with Gasteiger partial charge in [-0.25, -0.2) is 0 Å². The highest BCUT2D eigenvalue weighted by Crippen LogP contribution is 2.23. The van der Waals surface area contributed by atoms with Gasteiger partial charge in [0.15, 0.2) is 0 Å². The summed E-state index contributed by atoms with van der Waals surface area (Å²) in [5.41, 5.74) is 8.39. The lowest BCUT2D eigenvalue weighted by Crippen LogP contribution is -2.43. The molecule has 1 atom stereocenters. The van der Waals surface area contributed by atoms with Crippen molar-refractivity contribution < 1.29 is 9.53 Å². The summed E-state index contributed by atoms with van der Waals surface area (Å²) in [6.45, 7) is 4.09. The van der Waals surface area contributed by atoms with E-state index < -0.39 is 0 Å². The minimum Gasteiger partial charge on any atom is -0.379 e. The molecule has 1 heterocycles. The third-order valence-corrected chi connectivity index (χ3v) is 4.90. The van der Waals surface area contributed by atoms with E-state index >= 15 is 0 Å². The Morgan fingerprint density at radius 2 is 1.74 bits per heavy atom. The Kier molecular flexibility index (Phi) is 8.54. The van der Waals surface area contributed by atoms with Crippen molar-refractivity contribution in [2.45, 2.75) is 12.6 Å². The Hall–Kier alpha value is -1.63. The van der Waals surface area contributed by atoms with E-state index in [2.05, 4.69) is 10.2 Å². The topological polar surface area (TPSA) is 67.6 Å². The molecule has 7 heteroatoms. The van der Waals surface area contributed by atoms with E-state index in [1.165, 1.54) is 0 Å². The average molecular weight is 410 g/mol. The van der Waals surface area contributed by atoms with Crippen LogP contribution in [0.5, 0.6) is 0 Å². The molecule has 27 heavy (non-hydrogen) atoms. The molecule has 1 aliphatic rings. The molecule has 1 saturated heterocycles. The van der Waals surface area contributed by atoms with Crippen LogP contribution in [0.15, 0.2) is 48.5 Å². The van der Waals surface area contributed by atoms with Crippen LogP contribution in [-0.4, -0.2) is 43.7 Å². The van der Waals surface area contributed by atoms with Gasteiger partial charge in [-0.05, 0) is 35.4 Å². The van der Waals surface area contributed by atoms with Crippen LogP contribution in [0.25, 0.3) is 0 Å². The summed E-state index contributed by atoms with van der Waals surface area (Å²) in [4.78, 5) is 14.8. The van der Waals surface area contributed by atoms with Crippen molar-refractivity contribution in [3.05, 3.63) is 70.2 Å². The maximum Gasteiger partial charge on any atom is 0.251 e. The first-order valence-electron chi connectivity index (χ1n) is 8.82. The number of ether oxygens (including phenoxy) is 1. The van der Waals surface area contributed by atoms with Gasteiger partial charge in [-0.3, -0.25) is 9.69 Å². The smallest absolute Gasteiger partial charge is 0.251 e. The molecule has 0 spiro atoms. The number of carbonyl (C=O) groups is 1. The maximum absolute atomic E-state index is 12.5. The third kappa shape index (κ3) is 5.92. The van der Waals surface area contributed by atoms with Gasteiger partial charge in [0, 0.05) is 36.8 Å². The minimum absolute atomic E-state index is 0. The standard InChI is InChI=1S/C20H24ClN3O2.ClH/c21-18-7-5-16(6-8-18)19(24-9-11-26-12-10-24)14-23-20(25)17-3-1-15(13-22)2-4-17;/h1-8,19H,9-14,22H2,(H,23,25);1H. The maximum atomic E-state index is 12.5. The first kappa shape index (κ1) is 21.7. The van der Waals surface area contributed by atoms with Gasteiger partial charge in [-0.15, -0.1) is 12.4 Å².